The van der Waals surface area contributed by atoms with Gasteiger partial charge in [-0.05, 0) is 102 Å². The molecule has 9 rings (SSSR count). The van der Waals surface area contributed by atoms with Crippen LogP contribution in [0.1, 0.15) is 0 Å². The Kier molecular flexibility index (Phi) is 9.69. The fourth-order valence-corrected chi connectivity index (χ4v) is 11.8. The van der Waals surface area contributed by atoms with Crippen molar-refractivity contribution in [3.05, 3.63) is 218 Å². The first-order valence-electron chi connectivity index (χ1n) is 18.5. The van der Waals surface area contributed by atoms with E-state index in [0.29, 0.717) is 5.30 Å². The van der Waals surface area contributed by atoms with Crippen LogP contribution in [0.3, 0.4) is 0 Å². The minimum atomic E-state index is -3.57. The van der Waals surface area contributed by atoms with E-state index in [9.17, 15) is 4.89 Å². The lowest BCUT2D eigenvalue weighted by Crippen LogP contribution is -2.26. The molecule has 0 saturated heterocycles. The number of anilines is 8. The van der Waals surface area contributed by atoms with Gasteiger partial charge in [-0.3, -0.25) is 18.6 Å². The number of para-hydroxylation sites is 8. The predicted molar refractivity (Wildman–Crippen MR) is 236 cm³/mol. The van der Waals surface area contributed by atoms with E-state index in [4.69, 9.17) is 0 Å². The maximum atomic E-state index is 16.3. The molecule has 2 N–H and O–H groups in total. The summed E-state index contributed by atoms with van der Waals surface area (Å²) < 4.78 is 22.3. The maximum absolute atomic E-state index is 16.3. The van der Waals surface area contributed by atoms with Gasteiger partial charge in [0, 0.05) is 28.1 Å². The minimum absolute atomic E-state index is 0.697. The number of rotatable bonds is 10. The fraction of sp³-hybridized carbons (Fsp3) is 0. The molecule has 1 atom stereocenters. The molecule has 0 aliphatic carbocycles. The molecule has 0 saturated carbocycles. The van der Waals surface area contributed by atoms with Gasteiger partial charge < -0.3 is 10.2 Å². The van der Waals surface area contributed by atoms with Crippen molar-refractivity contribution in [1.82, 2.24) is 0 Å². The molecule has 272 valence electrons. The van der Waals surface area contributed by atoms with E-state index < -0.39 is 15.7 Å². The Labute approximate surface area is 328 Å². The van der Waals surface area contributed by atoms with Crippen molar-refractivity contribution in [2.24, 2.45) is 0 Å². The summed E-state index contributed by atoms with van der Waals surface area (Å²) in [7, 11) is -5.47. The lowest BCUT2D eigenvalue weighted by Gasteiger charge is -2.33. The second-order valence-electron chi connectivity index (χ2n) is 13.4. The van der Waals surface area contributed by atoms with Crippen LogP contribution in [-0.2, 0) is 4.57 Å². The highest BCUT2D eigenvalue weighted by molar-refractivity contribution is 7.76. The van der Waals surface area contributed by atoms with Crippen LogP contribution in [0.5, 0.6) is 0 Å². The van der Waals surface area contributed by atoms with Gasteiger partial charge in [-0.2, -0.15) is 0 Å². The Morgan fingerprint density at radius 3 is 1.62 bits per heavy atom. The zero-order chi connectivity index (χ0) is 37.9. The van der Waals surface area contributed by atoms with Gasteiger partial charge in [0.2, 0.25) is 0 Å². The summed E-state index contributed by atoms with van der Waals surface area (Å²) in [6.45, 7) is 0. The first-order chi connectivity index (χ1) is 27.6. The highest BCUT2D eigenvalue weighted by atomic mass is 31.2. The van der Waals surface area contributed by atoms with Crippen LogP contribution < -0.4 is 29.9 Å². The summed E-state index contributed by atoms with van der Waals surface area (Å²) in [5, 5.41) is 5.04. The van der Waals surface area contributed by atoms with E-state index in [0.717, 1.165) is 61.9 Å². The van der Waals surface area contributed by atoms with Crippen molar-refractivity contribution in [2.45, 2.75) is 0 Å². The summed E-state index contributed by atoms with van der Waals surface area (Å²) in [4.78, 5) is 12.4. The summed E-state index contributed by atoms with van der Waals surface area (Å²) >= 11 is 0. The molecule has 1 unspecified atom stereocenters. The van der Waals surface area contributed by atoms with Crippen molar-refractivity contribution in [3.8, 4) is 11.1 Å². The van der Waals surface area contributed by atoms with Crippen LogP contribution in [0.15, 0.2) is 218 Å². The Morgan fingerprint density at radius 1 is 0.500 bits per heavy atom. The lowest BCUT2D eigenvalue weighted by atomic mass is 10.1. The maximum Gasteiger partial charge on any atom is 0.301 e. The second kappa shape index (κ2) is 15.4. The number of fused-ring (bicyclic) bond motifs is 1. The predicted octanol–water partition coefficient (Wildman–Crippen LogP) is 12.7. The average Bonchev–Trinajstić information content (AvgIpc) is 3.54. The van der Waals surface area contributed by atoms with Crippen molar-refractivity contribution >= 4 is 71.9 Å². The van der Waals surface area contributed by atoms with E-state index in [1.165, 1.54) is 0 Å². The third-order valence-corrected chi connectivity index (χ3v) is 14.3. The van der Waals surface area contributed by atoms with Gasteiger partial charge in [0.1, 0.15) is 0 Å². The fourth-order valence-electron chi connectivity index (χ4n) is 7.32. The number of hydrogen-bond donors (Lipinski definition) is 2. The number of nitrogens with one attached hydrogen (secondary N) is 1. The van der Waals surface area contributed by atoms with Crippen LogP contribution in [0.25, 0.3) is 11.1 Å². The second-order valence-corrected chi connectivity index (χ2v) is 17.3. The van der Waals surface area contributed by atoms with E-state index in [2.05, 4.69) is 11.4 Å². The van der Waals surface area contributed by atoms with E-state index in [1.807, 2.05) is 226 Å². The van der Waals surface area contributed by atoms with E-state index in [1.54, 1.807) is 0 Å². The molecule has 6 nitrogen and oxygen atoms in total. The van der Waals surface area contributed by atoms with Crippen molar-refractivity contribution < 1.29 is 9.46 Å². The largest absolute Gasteiger partial charge is 0.354 e. The third kappa shape index (κ3) is 6.55. The lowest BCUT2D eigenvalue weighted by molar-refractivity contribution is 0.582. The molecule has 0 aromatic heterocycles. The minimum Gasteiger partial charge on any atom is -0.354 e. The number of hydrogen-bond acceptors (Lipinski definition) is 4. The highest BCUT2D eigenvalue weighted by Gasteiger charge is 2.49. The molecular weight excluding hydrogens is 727 g/mol. The third-order valence-electron chi connectivity index (χ3n) is 9.85. The Hall–Kier alpha value is -6.42. The molecule has 1 aliphatic rings. The van der Waals surface area contributed by atoms with Gasteiger partial charge in [-0.25, -0.2) is 0 Å². The SMILES string of the molecule is O=P1(c2cccc(-c3cccc(P(O)N(c4ccccc4)c4ccccc4Nc4ccccc4)c3)c2)N(c2ccccc2)c2ccccc2N1c1ccccc1. The Balaban J connectivity index is 1.14. The van der Waals surface area contributed by atoms with Crippen molar-refractivity contribution in [2.75, 3.05) is 19.3 Å². The van der Waals surface area contributed by atoms with Crippen LogP contribution in [0.4, 0.5) is 45.5 Å². The van der Waals surface area contributed by atoms with Gasteiger partial charge in [0.15, 0.2) is 8.30 Å². The normalized spacial score (nSPS) is 13.5. The topological polar surface area (TPSA) is 59.1 Å². The van der Waals surface area contributed by atoms with Gasteiger partial charge in [-0.1, -0.05) is 127 Å². The molecule has 0 amide bonds. The van der Waals surface area contributed by atoms with Crippen LogP contribution in [0.2, 0.25) is 0 Å². The monoisotopic (exact) mass is 764 g/mol. The summed E-state index contributed by atoms with van der Waals surface area (Å²) in [6.07, 6.45) is 0. The number of benzene rings is 8. The molecular formula is C48H38N4O2P2. The molecule has 0 radical (unpaired) electrons. The molecule has 1 heterocycles. The van der Waals surface area contributed by atoms with Crippen LogP contribution >= 0.6 is 15.7 Å². The zero-order valence-electron chi connectivity index (χ0n) is 30.4. The molecule has 1 aliphatic heterocycles. The standard InChI is InChI=1S/C48H38N4O2P2/c53-55(50(40-23-7-2-8-24-40)46-32-14-13-31-45(46)49-39-21-5-1-6-22-39)43-29-17-19-37(35-43)38-20-18-30-44(36-38)56(54)51(41-25-9-3-10-26-41)47-33-15-16-34-48(47)52(56)42-27-11-4-12-28-42/h1-36,49,53H. The van der Waals surface area contributed by atoms with Crippen LogP contribution in [0, 0.1) is 0 Å². The molecule has 0 fully saturated rings. The molecule has 8 aromatic carbocycles. The van der Waals surface area contributed by atoms with E-state index in [-0.39, 0.29) is 0 Å². The summed E-state index contributed by atoms with van der Waals surface area (Å²) in [6, 6.07) is 72.2. The van der Waals surface area contributed by atoms with Crippen molar-refractivity contribution in [1.29, 1.82) is 0 Å². The Morgan fingerprint density at radius 2 is 1.00 bits per heavy atom. The van der Waals surface area contributed by atoms with Gasteiger partial charge in [0.05, 0.1) is 28.1 Å². The van der Waals surface area contributed by atoms with Gasteiger partial charge in [0.25, 0.3) is 0 Å². The molecule has 8 heteroatoms. The number of nitrogens with zero attached hydrogens (tertiary/aromatic N) is 3. The first kappa shape index (κ1) is 35.3. The summed E-state index contributed by atoms with van der Waals surface area (Å²) in [5.74, 6) is 0. The average molecular weight is 765 g/mol. The molecule has 0 spiro atoms. The molecule has 8 aromatic rings. The first-order valence-corrected chi connectivity index (χ1v) is 21.3. The van der Waals surface area contributed by atoms with Gasteiger partial charge >= 0.3 is 7.44 Å². The Bertz CT molecular complexity index is 2580. The van der Waals surface area contributed by atoms with Crippen molar-refractivity contribution in [3.63, 3.8) is 0 Å². The van der Waals surface area contributed by atoms with Crippen LogP contribution in [-0.4, -0.2) is 4.89 Å². The molecule has 0 bridgehead atoms. The quantitative estimate of drug-likeness (QED) is 0.135. The van der Waals surface area contributed by atoms with E-state index >= 15 is 4.57 Å². The smallest absolute Gasteiger partial charge is 0.301 e. The van der Waals surface area contributed by atoms with Gasteiger partial charge in [-0.15, -0.1) is 0 Å². The highest BCUT2D eigenvalue weighted by Crippen LogP contribution is 2.70. The summed E-state index contributed by atoms with van der Waals surface area (Å²) in [5.41, 5.74) is 8.83. The molecule has 56 heavy (non-hydrogen) atoms. The zero-order valence-corrected chi connectivity index (χ0v) is 32.2.